The fourth-order valence-corrected chi connectivity index (χ4v) is 12.6. The monoisotopic (exact) mass is 849 g/mol. The van der Waals surface area contributed by atoms with Crippen LogP contribution in [0.3, 0.4) is 0 Å². The third kappa shape index (κ3) is 5.14. The Morgan fingerprint density at radius 2 is 0.657 bits per heavy atom. The van der Waals surface area contributed by atoms with Gasteiger partial charge in [-0.25, -0.2) is 0 Å². The smallest absolute Gasteiger partial charge is 0.0725 e. The van der Waals surface area contributed by atoms with Crippen LogP contribution in [0.25, 0.3) is 55.3 Å². The zero-order valence-corrected chi connectivity index (χ0v) is 36.8. The van der Waals surface area contributed by atoms with E-state index in [4.69, 9.17) is 0 Å². The van der Waals surface area contributed by atoms with Crippen LogP contribution in [0, 0.1) is 0 Å². The Morgan fingerprint density at radius 3 is 1.18 bits per heavy atom. The first kappa shape index (κ1) is 37.8. The number of hydrogen-bond donors (Lipinski definition) is 0. The molecule has 0 N–H and O–H groups in total. The molecule has 11 aromatic carbocycles. The minimum Gasteiger partial charge on any atom is -0.310 e. The van der Waals surface area contributed by atoms with Gasteiger partial charge in [-0.3, -0.25) is 0 Å². The summed E-state index contributed by atoms with van der Waals surface area (Å²) < 4.78 is 0. The molecule has 0 atom stereocenters. The highest BCUT2D eigenvalue weighted by molar-refractivity contribution is 6.06. The first-order valence-corrected chi connectivity index (χ1v) is 23.4. The first-order chi connectivity index (χ1) is 33.3. The zero-order chi connectivity index (χ0) is 44.1. The Bertz CT molecular complexity index is 3570. The van der Waals surface area contributed by atoms with E-state index < -0.39 is 10.8 Å². The van der Waals surface area contributed by atoms with Crippen LogP contribution in [-0.2, 0) is 10.8 Å². The fourth-order valence-electron chi connectivity index (χ4n) is 12.6. The van der Waals surface area contributed by atoms with E-state index in [0.717, 1.165) is 17.1 Å². The molecule has 1 nitrogen and oxygen atoms in total. The summed E-state index contributed by atoms with van der Waals surface area (Å²) in [5.74, 6) is 0. The van der Waals surface area contributed by atoms with Crippen molar-refractivity contribution < 1.29 is 0 Å². The SMILES string of the molecule is c1ccc(-c2c(N(c3ccc4c(c3)-c3ccccc3C4(c3ccccc3)c3ccccc3)c3ccc4c(c3)-c3ccccc3C43c4ccccc4-c4ccccc43)ccc3ccccc23)cc1. The molecule has 0 bridgehead atoms. The van der Waals surface area contributed by atoms with E-state index in [1.807, 2.05) is 0 Å². The van der Waals surface area contributed by atoms with E-state index >= 15 is 0 Å². The van der Waals surface area contributed by atoms with Gasteiger partial charge in [0, 0.05) is 16.9 Å². The number of hydrogen-bond acceptors (Lipinski definition) is 1. The molecule has 1 spiro atoms. The number of anilines is 3. The third-order valence-corrected chi connectivity index (χ3v) is 15.1. The highest BCUT2D eigenvalue weighted by atomic mass is 15.1. The number of fused-ring (bicyclic) bond motifs is 14. The molecule has 0 saturated heterocycles. The minimum atomic E-state index is -0.491. The van der Waals surface area contributed by atoms with Crippen molar-refractivity contribution in [2.45, 2.75) is 10.8 Å². The van der Waals surface area contributed by atoms with Crippen LogP contribution in [0.15, 0.2) is 261 Å². The van der Waals surface area contributed by atoms with Crippen LogP contribution in [0.2, 0.25) is 0 Å². The zero-order valence-electron chi connectivity index (χ0n) is 36.8. The largest absolute Gasteiger partial charge is 0.310 e. The van der Waals surface area contributed by atoms with Gasteiger partial charge in [0.05, 0.1) is 16.5 Å². The van der Waals surface area contributed by atoms with Crippen LogP contribution >= 0.6 is 0 Å². The summed E-state index contributed by atoms with van der Waals surface area (Å²) in [4.78, 5) is 2.53. The van der Waals surface area contributed by atoms with Gasteiger partial charge in [0.25, 0.3) is 0 Å². The Labute approximate surface area is 391 Å². The Balaban J connectivity index is 1.06. The molecule has 0 unspecified atom stereocenters. The highest BCUT2D eigenvalue weighted by Gasteiger charge is 2.52. The van der Waals surface area contributed by atoms with Crippen molar-refractivity contribution >= 4 is 27.8 Å². The van der Waals surface area contributed by atoms with Crippen LogP contribution in [0.4, 0.5) is 17.1 Å². The van der Waals surface area contributed by atoms with Crippen molar-refractivity contribution in [3.63, 3.8) is 0 Å². The Morgan fingerprint density at radius 1 is 0.269 bits per heavy atom. The fraction of sp³-hybridized carbons (Fsp3) is 0.0303. The van der Waals surface area contributed by atoms with E-state index in [2.05, 4.69) is 266 Å². The molecule has 67 heavy (non-hydrogen) atoms. The van der Waals surface area contributed by atoms with Gasteiger partial charge in [-0.1, -0.05) is 231 Å². The van der Waals surface area contributed by atoms with Crippen LogP contribution < -0.4 is 4.90 Å². The van der Waals surface area contributed by atoms with Crippen molar-refractivity contribution in [1.29, 1.82) is 0 Å². The average molecular weight is 850 g/mol. The van der Waals surface area contributed by atoms with Crippen LogP contribution in [-0.4, -0.2) is 0 Å². The molecule has 0 aliphatic heterocycles. The normalized spacial score (nSPS) is 13.9. The molecule has 3 aliphatic carbocycles. The second-order valence-electron chi connectivity index (χ2n) is 18.3. The first-order valence-electron chi connectivity index (χ1n) is 23.4. The molecular formula is C66H43N. The summed E-state index contributed by atoms with van der Waals surface area (Å²) in [6, 6.07) is 97.5. The maximum Gasteiger partial charge on any atom is 0.0725 e. The van der Waals surface area contributed by atoms with Crippen molar-refractivity contribution in [3.8, 4) is 44.5 Å². The molecule has 0 radical (unpaired) electrons. The van der Waals surface area contributed by atoms with E-state index in [-0.39, 0.29) is 0 Å². The lowest BCUT2D eigenvalue weighted by Gasteiger charge is -2.34. The van der Waals surface area contributed by atoms with Gasteiger partial charge in [0.15, 0.2) is 0 Å². The van der Waals surface area contributed by atoms with E-state index in [1.165, 1.54) is 99.8 Å². The molecular weight excluding hydrogens is 807 g/mol. The van der Waals surface area contributed by atoms with Crippen molar-refractivity contribution in [2.24, 2.45) is 0 Å². The lowest BCUT2D eigenvalue weighted by atomic mass is 9.68. The van der Waals surface area contributed by atoms with Gasteiger partial charge in [0.2, 0.25) is 0 Å². The van der Waals surface area contributed by atoms with E-state index in [1.54, 1.807) is 0 Å². The number of benzene rings is 11. The number of nitrogens with zero attached hydrogens (tertiary/aromatic N) is 1. The Kier molecular flexibility index (Phi) is 8.18. The second-order valence-corrected chi connectivity index (χ2v) is 18.3. The lowest BCUT2D eigenvalue weighted by molar-refractivity contribution is 0.768. The van der Waals surface area contributed by atoms with Crippen molar-refractivity contribution in [1.82, 2.24) is 0 Å². The van der Waals surface area contributed by atoms with Gasteiger partial charge in [-0.05, 0) is 125 Å². The summed E-state index contributed by atoms with van der Waals surface area (Å²) in [5, 5.41) is 2.44. The molecule has 0 fully saturated rings. The van der Waals surface area contributed by atoms with Gasteiger partial charge in [-0.2, -0.15) is 0 Å². The summed E-state index contributed by atoms with van der Waals surface area (Å²) in [6.45, 7) is 0. The van der Waals surface area contributed by atoms with Gasteiger partial charge < -0.3 is 4.90 Å². The average Bonchev–Trinajstić information content (AvgIpc) is 3.99. The molecule has 312 valence electrons. The third-order valence-electron chi connectivity index (χ3n) is 15.1. The maximum absolute atomic E-state index is 2.53. The molecule has 11 aromatic rings. The summed E-state index contributed by atoms with van der Waals surface area (Å²) in [6.07, 6.45) is 0. The molecule has 0 amide bonds. The Hall–Kier alpha value is -8.52. The molecule has 0 saturated carbocycles. The van der Waals surface area contributed by atoms with Crippen LogP contribution in [0.5, 0.6) is 0 Å². The van der Waals surface area contributed by atoms with Gasteiger partial charge in [0.1, 0.15) is 0 Å². The standard InChI is InChI=1S/C66H43N/c1-4-21-45(22-5-1)64-50-27-11-10-20-44(50)36-41-63(64)67(48-37-39-61-55(42-48)53-30-14-16-32-57(53)65(61,46-23-6-2-7-24-46)47-25-8-3-9-26-47)49-38-40-62-56(43-49)54-31-15-19-35-60(54)66(62)58-33-17-12-28-51(58)52-29-13-18-34-59(52)66/h1-43H. The lowest BCUT2D eigenvalue weighted by Crippen LogP contribution is -2.28. The van der Waals surface area contributed by atoms with Crippen molar-refractivity contribution in [2.75, 3.05) is 4.90 Å². The molecule has 0 aromatic heterocycles. The summed E-state index contributed by atoms with van der Waals surface area (Å²) >= 11 is 0. The molecule has 0 heterocycles. The second kappa shape index (κ2) is 14.5. The summed E-state index contributed by atoms with van der Waals surface area (Å²) in [7, 11) is 0. The van der Waals surface area contributed by atoms with Gasteiger partial charge >= 0.3 is 0 Å². The number of rotatable bonds is 6. The minimum absolute atomic E-state index is 0.421. The quantitative estimate of drug-likeness (QED) is 0.161. The summed E-state index contributed by atoms with van der Waals surface area (Å²) in [5.41, 5.74) is 23.0. The molecule has 1 heteroatoms. The van der Waals surface area contributed by atoms with E-state index in [9.17, 15) is 0 Å². The van der Waals surface area contributed by atoms with Gasteiger partial charge in [-0.15, -0.1) is 0 Å². The van der Waals surface area contributed by atoms with Crippen molar-refractivity contribution in [3.05, 3.63) is 305 Å². The van der Waals surface area contributed by atoms with Crippen LogP contribution in [0.1, 0.15) is 44.5 Å². The highest BCUT2D eigenvalue weighted by Crippen LogP contribution is 2.64. The predicted molar refractivity (Wildman–Crippen MR) is 278 cm³/mol. The van der Waals surface area contributed by atoms with E-state index in [0.29, 0.717) is 0 Å². The molecule has 3 aliphatic rings. The predicted octanol–water partition coefficient (Wildman–Crippen LogP) is 16.7. The maximum atomic E-state index is 2.53. The topological polar surface area (TPSA) is 3.24 Å². The molecule has 14 rings (SSSR count).